The fourth-order valence-corrected chi connectivity index (χ4v) is 3.97. The average Bonchev–Trinajstić information content (AvgIpc) is 3.26. The van der Waals surface area contributed by atoms with Gasteiger partial charge in [0.2, 0.25) is 5.91 Å². The summed E-state index contributed by atoms with van der Waals surface area (Å²) in [5, 5.41) is 5.84. The van der Waals surface area contributed by atoms with Crippen molar-refractivity contribution in [2.75, 3.05) is 11.9 Å². The maximum absolute atomic E-state index is 14.2. The maximum atomic E-state index is 14.2. The van der Waals surface area contributed by atoms with Gasteiger partial charge in [-0.3, -0.25) is 10.1 Å². The number of carbonyl (C=O) groups is 1. The lowest BCUT2D eigenvalue weighted by Crippen LogP contribution is -2.49. The summed E-state index contributed by atoms with van der Waals surface area (Å²) in [4.78, 5) is 39.4. The van der Waals surface area contributed by atoms with Crippen LogP contribution < -0.4 is 10.6 Å². The quantitative estimate of drug-likeness (QED) is 0.465. The molecule has 0 aliphatic carbocycles. The highest BCUT2D eigenvalue weighted by molar-refractivity contribution is 6.05. The molecule has 5 rings (SSSR count). The van der Waals surface area contributed by atoms with Crippen LogP contribution in [0.3, 0.4) is 0 Å². The summed E-state index contributed by atoms with van der Waals surface area (Å²) in [6, 6.07) is 1.84. The number of imidazole rings is 1. The van der Waals surface area contributed by atoms with E-state index in [4.69, 9.17) is 4.98 Å². The summed E-state index contributed by atoms with van der Waals surface area (Å²) in [6.45, 7) is 6.46. The van der Waals surface area contributed by atoms with E-state index in [1.54, 1.807) is 25.5 Å². The third-order valence-electron chi connectivity index (χ3n) is 5.94. The van der Waals surface area contributed by atoms with E-state index in [0.717, 1.165) is 5.56 Å². The Morgan fingerprint density at radius 1 is 1.12 bits per heavy atom. The molecule has 0 bridgehead atoms. The number of hydrogen-bond acceptors (Lipinski definition) is 8. The molecule has 4 aromatic heterocycles. The zero-order valence-electron chi connectivity index (χ0n) is 19.5. The number of amides is 1. The predicted octanol–water partition coefficient (Wildman–Crippen LogP) is 2.70. The summed E-state index contributed by atoms with van der Waals surface area (Å²) < 4.78 is 16.0. The van der Waals surface area contributed by atoms with E-state index in [9.17, 15) is 9.18 Å². The van der Waals surface area contributed by atoms with Gasteiger partial charge in [0.15, 0.2) is 5.65 Å². The molecule has 1 aliphatic heterocycles. The Kier molecular flexibility index (Phi) is 4.90. The summed E-state index contributed by atoms with van der Waals surface area (Å²) in [6.07, 6.45) is 6.53. The second kappa shape index (κ2) is 7.59. The van der Waals surface area contributed by atoms with Crippen LogP contribution in [0.5, 0.6) is 0 Å². The van der Waals surface area contributed by atoms with Crippen molar-refractivity contribution in [2.45, 2.75) is 38.9 Å². The van der Waals surface area contributed by atoms with Crippen molar-refractivity contribution in [1.82, 2.24) is 39.8 Å². The molecule has 4 aromatic rings. The number of carbonyl (C=O) groups excluding carboxylic acids is 1. The Bertz CT molecular complexity index is 1430. The molecule has 0 saturated heterocycles. The van der Waals surface area contributed by atoms with Crippen LogP contribution in [0, 0.1) is 6.92 Å². The Labute approximate surface area is 195 Å². The Hall–Kier alpha value is -3.86. The molecule has 0 fully saturated rings. The van der Waals surface area contributed by atoms with Crippen molar-refractivity contribution >= 4 is 22.9 Å². The van der Waals surface area contributed by atoms with Gasteiger partial charge in [-0.1, -0.05) is 0 Å². The Balaban J connectivity index is 1.61. The van der Waals surface area contributed by atoms with Crippen molar-refractivity contribution in [1.29, 1.82) is 0 Å². The van der Waals surface area contributed by atoms with E-state index in [2.05, 4.69) is 35.6 Å². The van der Waals surface area contributed by atoms with Gasteiger partial charge in [-0.05, 0) is 33.8 Å². The highest BCUT2D eigenvalue weighted by atomic mass is 19.1. The highest BCUT2D eigenvalue weighted by Crippen LogP contribution is 2.38. The molecule has 0 spiro atoms. The number of halogens is 1. The van der Waals surface area contributed by atoms with Crippen molar-refractivity contribution < 1.29 is 9.18 Å². The minimum Gasteiger partial charge on any atom is -0.312 e. The first-order valence-corrected chi connectivity index (χ1v) is 10.8. The standard InChI is InChI=1S/C23H24FN9O/c1-12-25-8-14(9-26-12)19-31-17-16(28-11-29-20(17)33(19)5)13-6-15-18(27-7-13)32-21(34)23(15,4)30-10-22(2,3)24/h6-9,11,30H,10H2,1-5H3,(H,27,32,34)/t23-/m0/s1. The summed E-state index contributed by atoms with van der Waals surface area (Å²) >= 11 is 0. The van der Waals surface area contributed by atoms with Gasteiger partial charge in [-0.15, -0.1) is 0 Å². The number of hydrogen-bond donors (Lipinski definition) is 2. The molecule has 0 saturated carbocycles. The number of anilines is 1. The molecule has 1 aliphatic rings. The number of pyridine rings is 1. The molecule has 0 aromatic carbocycles. The summed E-state index contributed by atoms with van der Waals surface area (Å²) in [5.41, 5.74) is 1.21. The molecule has 0 unspecified atom stereocenters. The zero-order valence-corrected chi connectivity index (χ0v) is 19.5. The molecule has 0 radical (unpaired) electrons. The van der Waals surface area contributed by atoms with E-state index < -0.39 is 11.2 Å². The van der Waals surface area contributed by atoms with Crippen LogP contribution in [0.15, 0.2) is 31.0 Å². The van der Waals surface area contributed by atoms with Crippen LogP contribution in [0.1, 0.15) is 32.2 Å². The van der Waals surface area contributed by atoms with Crippen molar-refractivity contribution in [3.05, 3.63) is 42.4 Å². The molecule has 2 N–H and O–H groups in total. The molecule has 1 amide bonds. The fraction of sp³-hybridized carbons (Fsp3) is 0.348. The first kappa shape index (κ1) is 22.0. The number of aryl methyl sites for hydroxylation is 2. The Morgan fingerprint density at radius 3 is 2.53 bits per heavy atom. The molecule has 174 valence electrons. The van der Waals surface area contributed by atoms with E-state index in [1.165, 1.54) is 20.2 Å². The second-order valence-corrected chi connectivity index (χ2v) is 9.18. The molecular weight excluding hydrogens is 437 g/mol. The largest absolute Gasteiger partial charge is 0.312 e. The molecule has 11 heteroatoms. The average molecular weight is 462 g/mol. The van der Waals surface area contributed by atoms with Crippen LogP contribution in [0.2, 0.25) is 0 Å². The normalized spacial score (nSPS) is 17.8. The SMILES string of the molecule is Cc1ncc(-c2nc3c(-c4cnc5c(c4)[C@](C)(NCC(C)(C)F)C(=O)N5)ncnc3n2C)cn1. The number of alkyl halides is 1. The molecule has 10 nitrogen and oxygen atoms in total. The van der Waals surface area contributed by atoms with E-state index in [0.29, 0.717) is 45.5 Å². The predicted molar refractivity (Wildman–Crippen MR) is 124 cm³/mol. The van der Waals surface area contributed by atoms with Crippen LogP contribution in [0.4, 0.5) is 10.2 Å². The molecular formula is C23H24FN9O. The van der Waals surface area contributed by atoms with Gasteiger partial charge in [0.25, 0.3) is 0 Å². The number of fused-ring (bicyclic) bond motifs is 2. The number of rotatable bonds is 5. The minimum atomic E-state index is -1.49. The third-order valence-corrected chi connectivity index (χ3v) is 5.94. The minimum absolute atomic E-state index is 0.000557. The van der Waals surface area contributed by atoms with E-state index in [-0.39, 0.29) is 12.5 Å². The third kappa shape index (κ3) is 3.58. The Morgan fingerprint density at radius 2 is 1.82 bits per heavy atom. The van der Waals surface area contributed by atoms with Crippen molar-refractivity contribution in [2.24, 2.45) is 7.05 Å². The topological polar surface area (TPSA) is 123 Å². The number of nitrogens with one attached hydrogen (secondary N) is 2. The lowest BCUT2D eigenvalue weighted by molar-refractivity contribution is -0.121. The first-order valence-electron chi connectivity index (χ1n) is 10.8. The van der Waals surface area contributed by atoms with Crippen LogP contribution >= 0.6 is 0 Å². The van der Waals surface area contributed by atoms with Gasteiger partial charge in [-0.2, -0.15) is 0 Å². The summed E-state index contributed by atoms with van der Waals surface area (Å²) in [7, 11) is 1.87. The lowest BCUT2D eigenvalue weighted by Gasteiger charge is -2.27. The maximum Gasteiger partial charge on any atom is 0.250 e. The van der Waals surface area contributed by atoms with Gasteiger partial charge in [0.05, 0.1) is 5.56 Å². The lowest BCUT2D eigenvalue weighted by atomic mass is 9.92. The highest BCUT2D eigenvalue weighted by Gasteiger charge is 2.44. The van der Waals surface area contributed by atoms with Gasteiger partial charge in [0.1, 0.15) is 46.2 Å². The van der Waals surface area contributed by atoms with E-state index >= 15 is 0 Å². The fourth-order valence-electron chi connectivity index (χ4n) is 3.97. The monoisotopic (exact) mass is 461 g/mol. The van der Waals surface area contributed by atoms with Gasteiger partial charge in [-0.25, -0.2) is 34.3 Å². The van der Waals surface area contributed by atoms with Crippen LogP contribution in [0.25, 0.3) is 33.8 Å². The molecule has 5 heterocycles. The van der Waals surface area contributed by atoms with Gasteiger partial charge < -0.3 is 9.88 Å². The molecule has 1 atom stereocenters. The smallest absolute Gasteiger partial charge is 0.250 e. The number of nitrogens with zero attached hydrogens (tertiary/aromatic N) is 7. The summed E-state index contributed by atoms with van der Waals surface area (Å²) in [5.74, 6) is 1.47. The second-order valence-electron chi connectivity index (χ2n) is 9.18. The molecule has 34 heavy (non-hydrogen) atoms. The van der Waals surface area contributed by atoms with Crippen LogP contribution in [-0.4, -0.2) is 52.6 Å². The van der Waals surface area contributed by atoms with Crippen molar-refractivity contribution in [3.8, 4) is 22.6 Å². The van der Waals surface area contributed by atoms with Crippen LogP contribution in [-0.2, 0) is 17.4 Å². The number of aromatic nitrogens is 7. The first-order chi connectivity index (χ1) is 16.1. The van der Waals surface area contributed by atoms with Gasteiger partial charge in [0, 0.05) is 43.3 Å². The zero-order chi connectivity index (χ0) is 24.3. The van der Waals surface area contributed by atoms with Gasteiger partial charge >= 0.3 is 0 Å². The van der Waals surface area contributed by atoms with Crippen molar-refractivity contribution in [3.63, 3.8) is 0 Å². The van der Waals surface area contributed by atoms with E-state index in [1.807, 2.05) is 24.6 Å².